The minimum atomic E-state index is -0.372. The molecule has 27 heavy (non-hydrogen) atoms. The standard InChI is InChI=1S/C19H15N3O4S/c23-17(12-4-2-1-3-5-12)22-19-21-14(11-27-19)18(24)20-13-6-7-15-16(10-13)26-9-8-25-15/h1-7,10-11H,8-9H2,(H,20,24)(H,21,22,23). The molecule has 0 aliphatic carbocycles. The van der Waals surface area contributed by atoms with Gasteiger partial charge in [-0.15, -0.1) is 11.3 Å². The third-order valence-corrected chi connectivity index (χ3v) is 4.55. The molecule has 0 saturated heterocycles. The van der Waals surface area contributed by atoms with E-state index in [4.69, 9.17) is 9.47 Å². The van der Waals surface area contributed by atoms with Gasteiger partial charge in [0, 0.05) is 22.7 Å². The van der Waals surface area contributed by atoms with Gasteiger partial charge < -0.3 is 14.8 Å². The Hall–Kier alpha value is -3.39. The van der Waals surface area contributed by atoms with Gasteiger partial charge in [0.15, 0.2) is 16.6 Å². The summed E-state index contributed by atoms with van der Waals surface area (Å²) in [5.41, 5.74) is 1.32. The minimum Gasteiger partial charge on any atom is -0.486 e. The first-order chi connectivity index (χ1) is 13.2. The van der Waals surface area contributed by atoms with E-state index in [1.165, 1.54) is 11.3 Å². The second-order valence-electron chi connectivity index (χ2n) is 5.67. The average molecular weight is 381 g/mol. The number of thiazole rings is 1. The van der Waals surface area contributed by atoms with Crippen molar-refractivity contribution in [1.82, 2.24) is 4.98 Å². The summed E-state index contributed by atoms with van der Waals surface area (Å²) < 4.78 is 11.0. The topological polar surface area (TPSA) is 89.6 Å². The lowest BCUT2D eigenvalue weighted by molar-refractivity contribution is 0.101. The Morgan fingerprint density at radius 2 is 1.70 bits per heavy atom. The van der Waals surface area contributed by atoms with Crippen LogP contribution in [0.15, 0.2) is 53.9 Å². The molecule has 8 heteroatoms. The number of nitrogens with zero attached hydrogens (tertiary/aromatic N) is 1. The van der Waals surface area contributed by atoms with Crippen LogP contribution in [0.4, 0.5) is 10.8 Å². The van der Waals surface area contributed by atoms with E-state index >= 15 is 0 Å². The number of hydrogen-bond donors (Lipinski definition) is 2. The van der Waals surface area contributed by atoms with Gasteiger partial charge in [-0.1, -0.05) is 18.2 Å². The van der Waals surface area contributed by atoms with Crippen molar-refractivity contribution in [3.63, 3.8) is 0 Å². The number of rotatable bonds is 4. The van der Waals surface area contributed by atoms with Crippen molar-refractivity contribution >= 4 is 34.0 Å². The van der Waals surface area contributed by atoms with Crippen LogP contribution in [0.25, 0.3) is 0 Å². The molecular formula is C19H15N3O4S. The number of aromatic nitrogens is 1. The Labute approximate surface area is 159 Å². The number of nitrogens with one attached hydrogen (secondary N) is 2. The van der Waals surface area contributed by atoms with E-state index in [1.54, 1.807) is 47.8 Å². The SMILES string of the molecule is O=C(Nc1nc(C(=O)Nc2ccc3c(c2)OCCO3)cs1)c1ccccc1. The van der Waals surface area contributed by atoms with E-state index in [9.17, 15) is 9.59 Å². The lowest BCUT2D eigenvalue weighted by Crippen LogP contribution is -2.17. The molecule has 0 atom stereocenters. The van der Waals surface area contributed by atoms with Crippen LogP contribution in [0.2, 0.25) is 0 Å². The normalized spacial score (nSPS) is 12.3. The van der Waals surface area contributed by atoms with Gasteiger partial charge in [0.05, 0.1) is 0 Å². The maximum atomic E-state index is 12.4. The van der Waals surface area contributed by atoms with Crippen molar-refractivity contribution < 1.29 is 19.1 Å². The Balaban J connectivity index is 1.42. The quantitative estimate of drug-likeness (QED) is 0.723. The average Bonchev–Trinajstić information content (AvgIpc) is 3.17. The smallest absolute Gasteiger partial charge is 0.275 e. The molecule has 2 aromatic carbocycles. The molecule has 0 spiro atoms. The fourth-order valence-corrected chi connectivity index (χ4v) is 3.20. The largest absolute Gasteiger partial charge is 0.486 e. The van der Waals surface area contributed by atoms with Crippen molar-refractivity contribution in [3.05, 3.63) is 65.2 Å². The Morgan fingerprint density at radius 3 is 2.52 bits per heavy atom. The molecule has 136 valence electrons. The van der Waals surface area contributed by atoms with Crippen LogP contribution in [0.3, 0.4) is 0 Å². The Bertz CT molecular complexity index is 988. The summed E-state index contributed by atoms with van der Waals surface area (Å²) in [6.45, 7) is 0.982. The van der Waals surface area contributed by atoms with Crippen molar-refractivity contribution in [2.45, 2.75) is 0 Å². The van der Waals surface area contributed by atoms with Crippen molar-refractivity contribution in [3.8, 4) is 11.5 Å². The number of carbonyl (C=O) groups is 2. The molecule has 3 aromatic rings. The number of hydrogen-bond acceptors (Lipinski definition) is 6. The summed E-state index contributed by atoms with van der Waals surface area (Å²) in [7, 11) is 0. The molecule has 7 nitrogen and oxygen atoms in total. The summed E-state index contributed by atoms with van der Waals surface area (Å²) >= 11 is 1.19. The van der Waals surface area contributed by atoms with Gasteiger partial charge in [-0.25, -0.2) is 4.98 Å². The molecule has 0 fully saturated rings. The second kappa shape index (κ2) is 7.46. The molecule has 0 bridgehead atoms. The summed E-state index contributed by atoms with van der Waals surface area (Å²) in [6, 6.07) is 14.0. The van der Waals surface area contributed by atoms with Crippen LogP contribution < -0.4 is 20.1 Å². The van der Waals surface area contributed by atoms with Gasteiger partial charge in [0.1, 0.15) is 18.9 Å². The van der Waals surface area contributed by atoms with Crippen LogP contribution in [-0.4, -0.2) is 30.0 Å². The highest BCUT2D eigenvalue weighted by molar-refractivity contribution is 7.14. The Kier molecular flexibility index (Phi) is 4.71. The number of benzene rings is 2. The number of ether oxygens (including phenoxy) is 2. The zero-order chi connectivity index (χ0) is 18.6. The van der Waals surface area contributed by atoms with E-state index < -0.39 is 0 Å². The van der Waals surface area contributed by atoms with Gasteiger partial charge in [-0.05, 0) is 24.3 Å². The first kappa shape index (κ1) is 17.0. The molecule has 1 aliphatic rings. The summed E-state index contributed by atoms with van der Waals surface area (Å²) in [6.07, 6.45) is 0. The zero-order valence-corrected chi connectivity index (χ0v) is 14.9. The van der Waals surface area contributed by atoms with Crippen molar-refractivity contribution in [2.24, 2.45) is 0 Å². The molecule has 0 radical (unpaired) electrons. The highest BCUT2D eigenvalue weighted by atomic mass is 32.1. The van der Waals surface area contributed by atoms with E-state index in [0.717, 1.165) is 0 Å². The van der Waals surface area contributed by atoms with Crippen molar-refractivity contribution in [1.29, 1.82) is 0 Å². The molecule has 0 unspecified atom stereocenters. The lowest BCUT2D eigenvalue weighted by atomic mass is 10.2. The molecule has 0 saturated carbocycles. The summed E-state index contributed by atoms with van der Waals surface area (Å²) in [4.78, 5) is 28.7. The molecule has 2 amide bonds. The predicted octanol–water partition coefficient (Wildman–Crippen LogP) is 3.42. The molecule has 1 aliphatic heterocycles. The van der Waals surface area contributed by atoms with E-state index in [0.29, 0.717) is 41.1 Å². The van der Waals surface area contributed by atoms with Gasteiger partial charge in [0.2, 0.25) is 0 Å². The first-order valence-corrected chi connectivity index (χ1v) is 9.10. The van der Waals surface area contributed by atoms with Gasteiger partial charge in [-0.2, -0.15) is 0 Å². The van der Waals surface area contributed by atoms with Crippen molar-refractivity contribution in [2.75, 3.05) is 23.8 Å². The summed E-state index contributed by atoms with van der Waals surface area (Å²) in [5, 5.41) is 7.40. The van der Waals surface area contributed by atoms with Gasteiger partial charge in [0.25, 0.3) is 11.8 Å². The monoisotopic (exact) mass is 381 g/mol. The van der Waals surface area contributed by atoms with E-state index in [2.05, 4.69) is 15.6 Å². The number of carbonyl (C=O) groups excluding carboxylic acids is 2. The van der Waals surface area contributed by atoms with Gasteiger partial charge in [-0.3, -0.25) is 14.9 Å². The molecule has 4 rings (SSSR count). The molecule has 2 heterocycles. The van der Waals surface area contributed by atoms with Crippen LogP contribution in [0.1, 0.15) is 20.8 Å². The van der Waals surface area contributed by atoms with E-state index in [-0.39, 0.29) is 17.5 Å². The number of fused-ring (bicyclic) bond motifs is 1. The Morgan fingerprint density at radius 1 is 0.926 bits per heavy atom. The third kappa shape index (κ3) is 3.90. The molecule has 2 N–H and O–H groups in total. The maximum absolute atomic E-state index is 12.4. The second-order valence-corrected chi connectivity index (χ2v) is 6.53. The van der Waals surface area contributed by atoms with Gasteiger partial charge >= 0.3 is 0 Å². The third-order valence-electron chi connectivity index (χ3n) is 3.79. The molecule has 1 aromatic heterocycles. The highest BCUT2D eigenvalue weighted by Crippen LogP contribution is 2.32. The van der Waals surface area contributed by atoms with Crippen LogP contribution >= 0.6 is 11.3 Å². The van der Waals surface area contributed by atoms with Crippen LogP contribution in [-0.2, 0) is 0 Å². The van der Waals surface area contributed by atoms with Crippen LogP contribution in [0, 0.1) is 0 Å². The summed E-state index contributed by atoms with van der Waals surface area (Å²) in [5.74, 6) is 0.596. The maximum Gasteiger partial charge on any atom is 0.275 e. The fourth-order valence-electron chi connectivity index (χ4n) is 2.51. The fraction of sp³-hybridized carbons (Fsp3) is 0.105. The van der Waals surface area contributed by atoms with Crippen LogP contribution in [0.5, 0.6) is 11.5 Å². The number of amides is 2. The lowest BCUT2D eigenvalue weighted by Gasteiger charge is -2.18. The first-order valence-electron chi connectivity index (χ1n) is 8.22. The zero-order valence-electron chi connectivity index (χ0n) is 14.1. The number of anilines is 2. The highest BCUT2D eigenvalue weighted by Gasteiger charge is 2.16. The predicted molar refractivity (Wildman–Crippen MR) is 102 cm³/mol. The van der Waals surface area contributed by atoms with E-state index in [1.807, 2.05) is 6.07 Å². The minimum absolute atomic E-state index is 0.221. The molecular weight excluding hydrogens is 366 g/mol.